The predicted octanol–water partition coefficient (Wildman–Crippen LogP) is 7.54. The molecule has 0 atom stereocenters. The van der Waals surface area contributed by atoms with E-state index in [-0.39, 0.29) is 45.9 Å². The number of carbonyl (C=O) groups excluding carboxylic acids is 2. The maximum Gasteiger partial charge on any atom is 0.305 e. The molecule has 0 fully saturated rings. The van der Waals surface area contributed by atoms with Crippen molar-refractivity contribution >= 4 is 11.9 Å². The molecule has 0 rings (SSSR count). The van der Waals surface area contributed by atoms with Crippen LogP contribution in [0.2, 0.25) is 0 Å². The first-order chi connectivity index (χ1) is 26.1. The van der Waals surface area contributed by atoms with E-state index < -0.39 is 0 Å². The zero-order valence-electron chi connectivity index (χ0n) is 38.6. The molecule has 0 aromatic carbocycles. The Kier molecular flexibility index (Phi) is 47.6. The van der Waals surface area contributed by atoms with Gasteiger partial charge in [0.2, 0.25) is 0 Å². The fourth-order valence-corrected chi connectivity index (χ4v) is 7.54. The second-order valence-corrected chi connectivity index (χ2v) is 18.3. The van der Waals surface area contributed by atoms with Crippen LogP contribution in [0.15, 0.2) is 0 Å². The van der Waals surface area contributed by atoms with Crippen molar-refractivity contribution in [1.29, 1.82) is 0 Å². The number of hydrogen-bond acceptors (Lipinski definition) is 4. The van der Waals surface area contributed by atoms with E-state index in [4.69, 9.17) is 9.47 Å². The number of quaternary nitrogens is 2. The molecule has 0 saturated carbocycles. The van der Waals surface area contributed by atoms with Gasteiger partial charge in [-0.2, -0.15) is 0 Å². The highest BCUT2D eigenvalue weighted by molar-refractivity contribution is 5.70. The van der Waals surface area contributed by atoms with Crippen molar-refractivity contribution in [3.63, 3.8) is 0 Å². The predicted molar refractivity (Wildman–Crippen MR) is 234 cm³/mol. The number of halogens is 2. The molecule has 0 spiro atoms. The molecular formula is C48H98Br2N2O4. The van der Waals surface area contributed by atoms with Gasteiger partial charge in [0.15, 0.2) is 0 Å². The van der Waals surface area contributed by atoms with E-state index in [1.807, 2.05) is 0 Å². The van der Waals surface area contributed by atoms with Gasteiger partial charge in [-0.3, -0.25) is 9.59 Å². The van der Waals surface area contributed by atoms with E-state index in [9.17, 15) is 9.59 Å². The fraction of sp³-hybridized carbons (Fsp3) is 0.958. The number of carbonyl (C=O) groups is 2. The highest BCUT2D eigenvalue weighted by atomic mass is 79.9. The Bertz CT molecular complexity index is 761. The third-order valence-corrected chi connectivity index (χ3v) is 11.7. The number of ether oxygens (including phenoxy) is 2. The third-order valence-electron chi connectivity index (χ3n) is 11.7. The third kappa shape index (κ3) is 46.5. The van der Waals surface area contributed by atoms with Gasteiger partial charge < -0.3 is 52.4 Å². The Labute approximate surface area is 371 Å². The van der Waals surface area contributed by atoms with Gasteiger partial charge in [-0.15, -0.1) is 0 Å². The van der Waals surface area contributed by atoms with Crippen molar-refractivity contribution in [1.82, 2.24) is 0 Å². The zero-order chi connectivity index (χ0) is 39.9. The smallest absolute Gasteiger partial charge is 0.305 e. The average molecular weight is 927 g/mol. The number of unbranched alkanes of at least 4 members (excludes halogenated alkanes) is 29. The highest BCUT2D eigenvalue weighted by Gasteiger charge is 2.17. The van der Waals surface area contributed by atoms with Gasteiger partial charge in [0.25, 0.3) is 0 Å². The van der Waals surface area contributed by atoms with Crippen LogP contribution in [0, 0.1) is 0 Å². The summed E-state index contributed by atoms with van der Waals surface area (Å²) in [5.41, 5.74) is 0. The van der Waals surface area contributed by atoms with Crippen LogP contribution in [-0.4, -0.2) is 88.5 Å². The van der Waals surface area contributed by atoms with E-state index in [1.54, 1.807) is 0 Å². The number of hydrogen-bond donors (Lipinski definition) is 0. The molecule has 338 valence electrons. The van der Waals surface area contributed by atoms with Gasteiger partial charge in [0, 0.05) is 12.8 Å². The van der Waals surface area contributed by atoms with E-state index in [2.05, 4.69) is 42.0 Å². The number of nitrogens with zero attached hydrogens (tertiary/aromatic N) is 2. The number of rotatable bonds is 43. The standard InChI is InChI=1S/C48H98N2O4.2BrH/c1-7-9-11-13-15-17-19-21-23-25-27-29-31-33-37-41-49(3,4)43-45-53-47(51)39-35-36-40-48(52)54-46-44-50(5,6)42-38-34-32-30-28-26-24-22-20-18-16-14-12-10-8-2;;/h7-46H2,1-6H3;2*1H/q+2;;/p-2. The first-order valence-corrected chi connectivity index (χ1v) is 24.1. The van der Waals surface area contributed by atoms with Crippen LogP contribution in [0.5, 0.6) is 0 Å². The molecule has 0 bridgehead atoms. The van der Waals surface area contributed by atoms with Gasteiger partial charge >= 0.3 is 11.9 Å². The van der Waals surface area contributed by atoms with E-state index in [1.165, 1.54) is 193 Å². The van der Waals surface area contributed by atoms with Crippen LogP contribution in [0.1, 0.15) is 232 Å². The molecule has 8 heteroatoms. The molecule has 0 aliphatic heterocycles. The lowest BCUT2D eigenvalue weighted by Gasteiger charge is -2.29. The van der Waals surface area contributed by atoms with E-state index in [0.29, 0.717) is 38.9 Å². The largest absolute Gasteiger partial charge is 1.00 e. The van der Waals surface area contributed by atoms with Crippen LogP contribution in [0.25, 0.3) is 0 Å². The summed E-state index contributed by atoms with van der Waals surface area (Å²) in [7, 11) is 8.96. The summed E-state index contributed by atoms with van der Waals surface area (Å²) in [5.74, 6) is -0.290. The Hall–Kier alpha value is -0.180. The summed E-state index contributed by atoms with van der Waals surface area (Å²) in [6, 6.07) is 0. The monoisotopic (exact) mass is 925 g/mol. The van der Waals surface area contributed by atoms with Crippen LogP contribution >= 0.6 is 0 Å². The molecule has 0 heterocycles. The van der Waals surface area contributed by atoms with Crippen LogP contribution in [0.3, 0.4) is 0 Å². The minimum atomic E-state index is -0.145. The van der Waals surface area contributed by atoms with Gasteiger partial charge in [-0.05, 0) is 38.5 Å². The van der Waals surface area contributed by atoms with Crippen LogP contribution in [0.4, 0.5) is 0 Å². The average Bonchev–Trinajstić information content (AvgIpc) is 3.13. The molecule has 0 radical (unpaired) electrons. The summed E-state index contributed by atoms with van der Waals surface area (Å²) in [6.07, 6.45) is 43.8. The molecule has 0 saturated heterocycles. The second kappa shape index (κ2) is 44.4. The minimum Gasteiger partial charge on any atom is -1.00 e. The Morgan fingerprint density at radius 2 is 0.536 bits per heavy atom. The van der Waals surface area contributed by atoms with Crippen molar-refractivity contribution in [2.24, 2.45) is 0 Å². The zero-order valence-corrected chi connectivity index (χ0v) is 41.7. The Morgan fingerprint density at radius 1 is 0.321 bits per heavy atom. The molecule has 0 aromatic heterocycles. The summed E-state index contributed by atoms with van der Waals surface area (Å²) in [6.45, 7) is 9.49. The molecule has 0 amide bonds. The molecule has 0 aromatic rings. The summed E-state index contributed by atoms with van der Waals surface area (Å²) < 4.78 is 12.9. The maximum absolute atomic E-state index is 12.3. The van der Waals surface area contributed by atoms with Crippen LogP contribution < -0.4 is 34.0 Å². The highest BCUT2D eigenvalue weighted by Crippen LogP contribution is 2.16. The minimum absolute atomic E-state index is 0. The van der Waals surface area contributed by atoms with Gasteiger partial charge in [-0.1, -0.05) is 181 Å². The van der Waals surface area contributed by atoms with Crippen molar-refractivity contribution in [2.45, 2.75) is 232 Å². The quantitative estimate of drug-likeness (QED) is 0.0361. The Morgan fingerprint density at radius 3 is 0.768 bits per heavy atom. The molecule has 0 N–H and O–H groups in total. The number of likely N-dealkylation sites (N-methyl/N-ethyl adjacent to an activating group) is 2. The lowest BCUT2D eigenvalue weighted by atomic mass is 10.0. The van der Waals surface area contributed by atoms with Crippen LogP contribution in [-0.2, 0) is 19.1 Å². The van der Waals surface area contributed by atoms with Crippen molar-refractivity contribution in [2.75, 3.05) is 67.6 Å². The van der Waals surface area contributed by atoms with Crippen molar-refractivity contribution in [3.8, 4) is 0 Å². The molecule has 0 aliphatic rings. The first-order valence-electron chi connectivity index (χ1n) is 24.1. The maximum atomic E-state index is 12.3. The normalized spacial score (nSPS) is 11.6. The lowest BCUT2D eigenvalue weighted by Crippen LogP contribution is -3.00. The topological polar surface area (TPSA) is 52.6 Å². The Balaban J connectivity index is -0.0000140. The van der Waals surface area contributed by atoms with E-state index >= 15 is 0 Å². The molecule has 56 heavy (non-hydrogen) atoms. The van der Waals surface area contributed by atoms with Gasteiger partial charge in [0.1, 0.15) is 26.3 Å². The van der Waals surface area contributed by atoms with E-state index in [0.717, 1.165) is 35.1 Å². The van der Waals surface area contributed by atoms with Gasteiger partial charge in [0.05, 0.1) is 41.3 Å². The molecule has 0 aliphatic carbocycles. The fourth-order valence-electron chi connectivity index (χ4n) is 7.54. The summed E-state index contributed by atoms with van der Waals surface area (Å²) >= 11 is 0. The molecular weight excluding hydrogens is 828 g/mol. The SMILES string of the molecule is CCCCCCCCCCCCCCCCC[N+](C)(C)CCOC(=O)CCCCC(=O)OCC[N+](C)(C)CCCCCCCCCCCCCCCCC.[Br-].[Br-]. The molecule has 0 unspecified atom stereocenters. The first kappa shape index (κ1) is 60.1. The van der Waals surface area contributed by atoms with Crippen molar-refractivity contribution < 1.29 is 62.0 Å². The van der Waals surface area contributed by atoms with Gasteiger partial charge in [-0.25, -0.2) is 0 Å². The summed E-state index contributed by atoms with van der Waals surface area (Å²) in [4.78, 5) is 24.5. The van der Waals surface area contributed by atoms with Crippen molar-refractivity contribution in [3.05, 3.63) is 0 Å². The molecule has 6 nitrogen and oxygen atoms in total. The lowest BCUT2D eigenvalue weighted by molar-refractivity contribution is -0.890. The number of esters is 2. The second-order valence-electron chi connectivity index (χ2n) is 18.3. The summed E-state index contributed by atoms with van der Waals surface area (Å²) in [5, 5.41) is 0.